The average molecular weight is 258 g/mol. The van der Waals surface area contributed by atoms with E-state index >= 15 is 0 Å². The normalized spacial score (nSPS) is 24.2. The van der Waals surface area contributed by atoms with Gasteiger partial charge in [-0.3, -0.25) is 0 Å². The van der Waals surface area contributed by atoms with Crippen LogP contribution in [-0.4, -0.2) is 21.1 Å². The first-order chi connectivity index (χ1) is 7.68. The summed E-state index contributed by atoms with van der Waals surface area (Å²) in [6.45, 7) is 3.07. The molecular weight excluding hydrogens is 242 g/mol. The van der Waals surface area contributed by atoms with E-state index in [9.17, 15) is 4.21 Å². The van der Waals surface area contributed by atoms with Gasteiger partial charge >= 0.3 is 0 Å². The van der Waals surface area contributed by atoms with Crippen LogP contribution in [0.5, 0.6) is 0 Å². The molecule has 0 aliphatic carbocycles. The van der Waals surface area contributed by atoms with Gasteiger partial charge in [0.2, 0.25) is 0 Å². The topological polar surface area (TPSA) is 20.3 Å². The van der Waals surface area contributed by atoms with Gasteiger partial charge in [-0.05, 0) is 44.0 Å². The molecule has 2 rings (SSSR count). The summed E-state index contributed by atoms with van der Waals surface area (Å²) in [6, 6.07) is 7.69. The summed E-state index contributed by atoms with van der Waals surface area (Å²) in [6.07, 6.45) is 3.53. The molecule has 1 heterocycles. The minimum absolute atomic E-state index is 0.408. The number of hydrogen-bond acceptors (Lipinski definition) is 1. The lowest BCUT2D eigenvalue weighted by Gasteiger charge is -2.31. The molecule has 4 heteroatoms. The lowest BCUT2D eigenvalue weighted by molar-refractivity contribution is 0.281. The van der Waals surface area contributed by atoms with Crippen molar-refractivity contribution < 1.29 is 4.21 Å². The quantitative estimate of drug-likeness (QED) is 0.797. The fourth-order valence-corrected chi connectivity index (χ4v) is 3.50. The lowest BCUT2D eigenvalue weighted by Crippen LogP contribution is -2.38. The Morgan fingerprint density at radius 1 is 1.31 bits per heavy atom. The van der Waals surface area contributed by atoms with Gasteiger partial charge in [-0.15, -0.1) is 0 Å². The van der Waals surface area contributed by atoms with Crippen LogP contribution in [0.4, 0.5) is 0 Å². The largest absolute Gasteiger partial charge is 0.237 e. The number of piperidine rings is 1. The van der Waals surface area contributed by atoms with Crippen LogP contribution in [0.1, 0.15) is 26.2 Å². The Morgan fingerprint density at radius 2 is 2.00 bits per heavy atom. The maximum Gasteiger partial charge on any atom is 0.127 e. The predicted octanol–water partition coefficient (Wildman–Crippen LogP) is 3.24. The molecule has 1 aromatic rings. The van der Waals surface area contributed by atoms with E-state index in [2.05, 4.69) is 11.2 Å². The van der Waals surface area contributed by atoms with Gasteiger partial charge in [-0.25, -0.2) is 8.51 Å². The number of halogens is 1. The van der Waals surface area contributed by atoms with Crippen LogP contribution in [0.25, 0.3) is 0 Å². The first-order valence-corrected chi connectivity index (χ1v) is 7.11. The zero-order valence-corrected chi connectivity index (χ0v) is 10.9. The molecule has 0 amide bonds. The molecule has 88 valence electrons. The van der Waals surface area contributed by atoms with Crippen molar-refractivity contribution in [2.24, 2.45) is 0 Å². The second-order valence-electron chi connectivity index (χ2n) is 4.19. The van der Waals surface area contributed by atoms with Crippen molar-refractivity contribution in [3.05, 3.63) is 29.3 Å². The van der Waals surface area contributed by atoms with Crippen molar-refractivity contribution in [3.8, 4) is 0 Å². The predicted molar refractivity (Wildman–Crippen MR) is 67.9 cm³/mol. The summed E-state index contributed by atoms with van der Waals surface area (Å²) in [4.78, 5) is 0.846. The van der Waals surface area contributed by atoms with Crippen molar-refractivity contribution in [1.29, 1.82) is 0 Å². The van der Waals surface area contributed by atoms with E-state index in [1.165, 1.54) is 6.42 Å². The molecule has 0 radical (unpaired) electrons. The van der Waals surface area contributed by atoms with Gasteiger partial charge in [0.05, 0.1) is 4.90 Å². The molecule has 0 bridgehead atoms. The van der Waals surface area contributed by atoms with E-state index in [1.807, 2.05) is 12.1 Å². The average Bonchev–Trinajstić information content (AvgIpc) is 2.30. The van der Waals surface area contributed by atoms with Gasteiger partial charge in [-0.2, -0.15) is 0 Å². The highest BCUT2D eigenvalue weighted by molar-refractivity contribution is 7.82. The molecule has 1 saturated heterocycles. The minimum atomic E-state index is -1.03. The Morgan fingerprint density at radius 3 is 2.62 bits per heavy atom. The van der Waals surface area contributed by atoms with Gasteiger partial charge in [0.25, 0.3) is 0 Å². The minimum Gasteiger partial charge on any atom is -0.237 e. The molecule has 1 aromatic carbocycles. The van der Waals surface area contributed by atoms with E-state index in [-0.39, 0.29) is 0 Å². The van der Waals surface area contributed by atoms with Crippen LogP contribution in [0.3, 0.4) is 0 Å². The van der Waals surface area contributed by atoms with Crippen molar-refractivity contribution in [3.63, 3.8) is 0 Å². The van der Waals surface area contributed by atoms with E-state index < -0.39 is 11.0 Å². The van der Waals surface area contributed by atoms with Crippen molar-refractivity contribution >= 4 is 22.6 Å². The summed E-state index contributed by atoms with van der Waals surface area (Å²) in [5.41, 5.74) is 0. The highest BCUT2D eigenvalue weighted by Gasteiger charge is 2.24. The Bertz CT molecular complexity index is 379. The number of rotatable bonds is 2. The van der Waals surface area contributed by atoms with Crippen molar-refractivity contribution in [2.75, 3.05) is 6.54 Å². The second kappa shape index (κ2) is 5.30. The highest BCUT2D eigenvalue weighted by Crippen LogP contribution is 2.22. The lowest BCUT2D eigenvalue weighted by atomic mass is 10.1. The van der Waals surface area contributed by atoms with Crippen LogP contribution in [-0.2, 0) is 11.0 Å². The number of benzene rings is 1. The van der Waals surface area contributed by atoms with Gasteiger partial charge in [0.15, 0.2) is 0 Å². The summed E-state index contributed by atoms with van der Waals surface area (Å²) in [7, 11) is -1.03. The standard InChI is InChI=1S/C12H16ClNOS/c1-10-4-2-3-9-14(10)16(15)12-7-5-11(13)6-8-12/h5-8,10H,2-4,9H2,1H3/t10-,16?/m1/s1. The summed E-state index contributed by atoms with van der Waals surface area (Å²) >= 11 is 5.82. The Hall–Kier alpha value is -0.380. The van der Waals surface area contributed by atoms with E-state index in [0.29, 0.717) is 11.1 Å². The number of nitrogens with zero attached hydrogens (tertiary/aromatic N) is 1. The first-order valence-electron chi connectivity index (χ1n) is 5.62. The van der Waals surface area contributed by atoms with E-state index in [1.54, 1.807) is 12.1 Å². The molecule has 0 aromatic heterocycles. The molecule has 1 aliphatic heterocycles. The maximum atomic E-state index is 12.3. The van der Waals surface area contributed by atoms with Crippen LogP contribution in [0, 0.1) is 0 Å². The SMILES string of the molecule is C[C@@H]1CCCCN1S(=O)c1ccc(Cl)cc1. The molecule has 16 heavy (non-hydrogen) atoms. The molecule has 0 spiro atoms. The molecule has 1 unspecified atom stereocenters. The fraction of sp³-hybridized carbons (Fsp3) is 0.500. The summed E-state index contributed by atoms with van der Waals surface area (Å²) in [5, 5.41) is 0.687. The molecule has 0 saturated carbocycles. The smallest absolute Gasteiger partial charge is 0.127 e. The van der Waals surface area contributed by atoms with Crippen LogP contribution >= 0.6 is 11.6 Å². The zero-order chi connectivity index (χ0) is 11.5. The monoisotopic (exact) mass is 257 g/mol. The Labute approximate surface area is 104 Å². The zero-order valence-electron chi connectivity index (χ0n) is 9.36. The number of hydrogen-bond donors (Lipinski definition) is 0. The Kier molecular flexibility index (Phi) is 4.00. The fourth-order valence-electron chi connectivity index (χ4n) is 2.00. The third-order valence-electron chi connectivity index (χ3n) is 2.97. The van der Waals surface area contributed by atoms with Crippen molar-refractivity contribution in [2.45, 2.75) is 37.1 Å². The maximum absolute atomic E-state index is 12.3. The third kappa shape index (κ3) is 2.65. The summed E-state index contributed by atoms with van der Waals surface area (Å²) < 4.78 is 14.4. The second-order valence-corrected chi connectivity index (χ2v) is 6.06. The van der Waals surface area contributed by atoms with Crippen LogP contribution < -0.4 is 0 Å². The molecule has 1 fully saturated rings. The highest BCUT2D eigenvalue weighted by atomic mass is 35.5. The van der Waals surface area contributed by atoms with E-state index in [4.69, 9.17) is 11.6 Å². The molecule has 2 atom stereocenters. The van der Waals surface area contributed by atoms with Crippen LogP contribution in [0.15, 0.2) is 29.2 Å². The summed E-state index contributed by atoms with van der Waals surface area (Å²) in [5.74, 6) is 0. The molecule has 1 aliphatic rings. The Balaban J connectivity index is 2.14. The molecule has 2 nitrogen and oxygen atoms in total. The van der Waals surface area contributed by atoms with Gasteiger partial charge in [0, 0.05) is 17.6 Å². The third-order valence-corrected chi connectivity index (χ3v) is 4.87. The molecule has 0 N–H and O–H groups in total. The van der Waals surface area contributed by atoms with Gasteiger partial charge in [0.1, 0.15) is 11.0 Å². The van der Waals surface area contributed by atoms with E-state index in [0.717, 1.165) is 24.3 Å². The van der Waals surface area contributed by atoms with Crippen LogP contribution in [0.2, 0.25) is 5.02 Å². The van der Waals surface area contributed by atoms with Gasteiger partial charge < -0.3 is 0 Å². The van der Waals surface area contributed by atoms with Crippen molar-refractivity contribution in [1.82, 2.24) is 4.31 Å². The first kappa shape index (κ1) is 12.1. The molecular formula is C12H16ClNOS. The van der Waals surface area contributed by atoms with Gasteiger partial charge in [-0.1, -0.05) is 18.0 Å².